The van der Waals surface area contributed by atoms with E-state index in [1.165, 1.54) is 24.2 Å². The van der Waals surface area contributed by atoms with Crippen LogP contribution in [0.1, 0.15) is 34.6 Å². The molecule has 0 saturated heterocycles. The minimum Gasteiger partial charge on any atom is -0.335 e. The molecule has 0 atom stereocenters. The zero-order chi connectivity index (χ0) is 13.5. The molecule has 0 aliphatic rings. The third-order valence-electron chi connectivity index (χ3n) is 4.08. The van der Waals surface area contributed by atoms with Crippen molar-refractivity contribution in [2.75, 3.05) is 14.1 Å². The molecular formula is C12H33N3Si2. The first kappa shape index (κ1) is 17.3. The molecule has 0 bridgehead atoms. The minimum absolute atomic E-state index is 0.728. The maximum Gasteiger partial charge on any atom is 0.274 e. The van der Waals surface area contributed by atoms with Gasteiger partial charge in [-0.05, 0) is 44.2 Å². The number of rotatable bonds is 9. The molecule has 0 spiro atoms. The second-order valence-corrected chi connectivity index (χ2v) is 14.4. The molecule has 0 radical (unpaired) electrons. The predicted molar refractivity (Wildman–Crippen MR) is 83.9 cm³/mol. The van der Waals surface area contributed by atoms with Crippen LogP contribution in [0.25, 0.3) is 0 Å². The van der Waals surface area contributed by atoms with Crippen LogP contribution in [0.3, 0.4) is 0 Å². The Bertz CT molecular complexity index is 194. The van der Waals surface area contributed by atoms with Crippen LogP contribution in [0, 0.1) is 5.92 Å². The van der Waals surface area contributed by atoms with Gasteiger partial charge >= 0.3 is 0 Å². The van der Waals surface area contributed by atoms with Crippen LogP contribution in [0.5, 0.6) is 0 Å². The van der Waals surface area contributed by atoms with Crippen LogP contribution >= 0.6 is 0 Å². The first-order valence-corrected chi connectivity index (χ1v) is 11.9. The fraction of sp³-hybridized carbons (Fsp3) is 1.00. The highest BCUT2D eigenvalue weighted by Crippen LogP contribution is 2.20. The zero-order valence-corrected chi connectivity index (χ0v) is 14.9. The Hall–Kier alpha value is 0.314. The second-order valence-electron chi connectivity index (χ2n) is 5.47. The zero-order valence-electron chi connectivity index (χ0n) is 12.9. The minimum atomic E-state index is -1.69. The summed E-state index contributed by atoms with van der Waals surface area (Å²) >= 11 is 0. The second kappa shape index (κ2) is 7.68. The van der Waals surface area contributed by atoms with E-state index in [0.29, 0.717) is 0 Å². The van der Waals surface area contributed by atoms with Crippen LogP contribution in [0.2, 0.25) is 24.2 Å². The molecular weight excluding hydrogens is 242 g/mol. The Morgan fingerprint density at radius 3 is 1.53 bits per heavy atom. The van der Waals surface area contributed by atoms with Crippen molar-refractivity contribution in [3.63, 3.8) is 0 Å². The van der Waals surface area contributed by atoms with Crippen molar-refractivity contribution in [2.24, 2.45) is 5.92 Å². The van der Waals surface area contributed by atoms with Crippen LogP contribution in [0.4, 0.5) is 0 Å². The van der Waals surface area contributed by atoms with Gasteiger partial charge in [0.25, 0.3) is 8.56 Å². The first-order valence-electron chi connectivity index (χ1n) is 7.10. The maximum atomic E-state index is 4.12. The van der Waals surface area contributed by atoms with Crippen LogP contribution in [-0.2, 0) is 0 Å². The molecule has 0 heterocycles. The Morgan fingerprint density at radius 2 is 1.29 bits per heavy atom. The van der Waals surface area contributed by atoms with Crippen LogP contribution < -0.4 is 14.6 Å². The summed E-state index contributed by atoms with van der Waals surface area (Å²) in [6.45, 7) is 11.7. The molecule has 5 heteroatoms. The Morgan fingerprint density at radius 1 is 0.882 bits per heavy atom. The third-order valence-corrected chi connectivity index (χ3v) is 15.1. The average molecular weight is 276 g/mol. The summed E-state index contributed by atoms with van der Waals surface area (Å²) < 4.78 is 4.12. The van der Waals surface area contributed by atoms with Gasteiger partial charge in [-0.1, -0.05) is 34.6 Å². The van der Waals surface area contributed by atoms with Crippen LogP contribution in [0.15, 0.2) is 0 Å². The van der Waals surface area contributed by atoms with Crippen molar-refractivity contribution in [1.29, 1.82) is 0 Å². The molecule has 0 aromatic heterocycles. The molecule has 0 amide bonds. The average Bonchev–Trinajstić information content (AvgIpc) is 2.34. The largest absolute Gasteiger partial charge is 0.335 e. The number of nitrogens with one attached hydrogen (secondary N) is 3. The highest BCUT2D eigenvalue weighted by Gasteiger charge is 2.40. The lowest BCUT2D eigenvalue weighted by atomic mass is 10.3. The van der Waals surface area contributed by atoms with E-state index in [-0.39, 0.29) is 0 Å². The molecule has 0 aromatic rings. The van der Waals surface area contributed by atoms with E-state index >= 15 is 0 Å². The predicted octanol–water partition coefficient (Wildman–Crippen LogP) is 2.61. The van der Waals surface area contributed by atoms with Crippen molar-refractivity contribution in [3.8, 4) is 0 Å². The molecule has 0 fully saturated rings. The quantitative estimate of drug-likeness (QED) is 0.566. The Kier molecular flexibility index (Phi) is 7.83. The van der Waals surface area contributed by atoms with Gasteiger partial charge in [0, 0.05) is 0 Å². The topological polar surface area (TPSA) is 36.1 Å². The Labute approximate surface area is 110 Å². The fourth-order valence-corrected chi connectivity index (χ4v) is 13.1. The number of hydrogen-bond acceptors (Lipinski definition) is 3. The van der Waals surface area contributed by atoms with E-state index in [0.717, 1.165) is 5.92 Å². The number of hydrogen-bond donors (Lipinski definition) is 3. The van der Waals surface area contributed by atoms with Gasteiger partial charge in [-0.2, -0.15) is 0 Å². The summed E-state index contributed by atoms with van der Waals surface area (Å²) in [4.78, 5) is 7.21. The van der Waals surface area contributed by atoms with Gasteiger partial charge in [-0.25, -0.2) is 0 Å². The van der Waals surface area contributed by atoms with E-state index in [9.17, 15) is 0 Å². The van der Waals surface area contributed by atoms with Gasteiger partial charge in [0.05, 0.1) is 0 Å². The lowest BCUT2D eigenvalue weighted by molar-refractivity contribution is 0.689. The molecule has 104 valence electrons. The summed E-state index contributed by atoms with van der Waals surface area (Å²) in [5.41, 5.74) is 0. The summed E-state index contributed by atoms with van der Waals surface area (Å²) in [5.74, 6) is 0.728. The SMILES string of the molecule is CC[Si](CC)(CC)N[Si](CC(C)C)(NC)NC. The molecule has 0 unspecified atom stereocenters. The maximum absolute atomic E-state index is 4.12. The monoisotopic (exact) mass is 275 g/mol. The van der Waals surface area contributed by atoms with Gasteiger partial charge in [0.1, 0.15) is 8.24 Å². The molecule has 0 saturated carbocycles. The van der Waals surface area contributed by atoms with Crippen molar-refractivity contribution >= 4 is 16.8 Å². The van der Waals surface area contributed by atoms with Crippen molar-refractivity contribution in [2.45, 2.75) is 58.8 Å². The van der Waals surface area contributed by atoms with Crippen molar-refractivity contribution < 1.29 is 0 Å². The lowest BCUT2D eigenvalue weighted by Gasteiger charge is -2.42. The molecule has 0 rings (SSSR count). The van der Waals surface area contributed by atoms with E-state index in [2.05, 4.69) is 63.3 Å². The molecule has 3 N–H and O–H groups in total. The Balaban J connectivity index is 4.94. The summed E-state index contributed by atoms with van der Waals surface area (Å²) in [6.07, 6.45) is 0. The standard InChI is InChI=1S/C12H33N3Si2/c1-8-16(9-2,10-3)15-17(13-6,14-7)11-12(4)5/h12-15H,8-11H2,1-7H3. The van der Waals surface area contributed by atoms with Gasteiger partial charge in [-0.15, -0.1) is 0 Å². The molecule has 0 aromatic carbocycles. The van der Waals surface area contributed by atoms with Crippen molar-refractivity contribution in [3.05, 3.63) is 0 Å². The smallest absolute Gasteiger partial charge is 0.274 e. The normalized spacial score (nSPS) is 13.4. The lowest BCUT2D eigenvalue weighted by Crippen LogP contribution is -2.77. The highest BCUT2D eigenvalue weighted by molar-refractivity contribution is 6.91. The van der Waals surface area contributed by atoms with Gasteiger partial charge < -0.3 is 14.6 Å². The van der Waals surface area contributed by atoms with Crippen LogP contribution in [-0.4, -0.2) is 30.9 Å². The molecule has 3 nitrogen and oxygen atoms in total. The third kappa shape index (κ3) is 4.83. The summed E-state index contributed by atoms with van der Waals surface area (Å²) in [6, 6.07) is 5.23. The molecule has 17 heavy (non-hydrogen) atoms. The molecule has 0 aliphatic heterocycles. The highest BCUT2D eigenvalue weighted by atomic mass is 28.4. The van der Waals surface area contributed by atoms with Crippen molar-refractivity contribution in [1.82, 2.24) is 14.6 Å². The summed E-state index contributed by atoms with van der Waals surface area (Å²) in [5, 5.41) is 0. The van der Waals surface area contributed by atoms with E-state index in [4.69, 9.17) is 0 Å². The van der Waals surface area contributed by atoms with Gasteiger partial charge in [0.2, 0.25) is 0 Å². The van der Waals surface area contributed by atoms with E-state index in [1.54, 1.807) is 0 Å². The molecule has 0 aliphatic carbocycles. The van der Waals surface area contributed by atoms with E-state index < -0.39 is 16.8 Å². The van der Waals surface area contributed by atoms with E-state index in [1.807, 2.05) is 0 Å². The fourth-order valence-electron chi connectivity index (χ4n) is 2.59. The first-order chi connectivity index (χ1) is 7.93. The van der Waals surface area contributed by atoms with Gasteiger partial charge in [0.15, 0.2) is 0 Å². The van der Waals surface area contributed by atoms with Gasteiger partial charge in [-0.3, -0.25) is 0 Å². The summed E-state index contributed by atoms with van der Waals surface area (Å²) in [7, 11) is 1.25.